The van der Waals surface area contributed by atoms with Crippen LogP contribution >= 0.6 is 0 Å². The molecule has 2 aromatic heterocycles. The van der Waals surface area contributed by atoms with Crippen LogP contribution in [0.2, 0.25) is 0 Å². The minimum Gasteiger partial charge on any atom is -0.344 e. The van der Waals surface area contributed by atoms with Gasteiger partial charge >= 0.3 is 0 Å². The molecule has 118 valence electrons. The van der Waals surface area contributed by atoms with Gasteiger partial charge in [0, 0.05) is 57.7 Å². The van der Waals surface area contributed by atoms with Crippen molar-refractivity contribution >= 4 is 43.6 Å². The third-order valence-electron chi connectivity index (χ3n) is 5.06. The number of rotatable bonds is 0. The minimum absolute atomic E-state index is 0.241. The van der Waals surface area contributed by atoms with Gasteiger partial charge in [-0.2, -0.15) is 0 Å². The van der Waals surface area contributed by atoms with Crippen LogP contribution in [0.25, 0.3) is 43.6 Å². The molecule has 2 nitrogen and oxygen atoms in total. The first kappa shape index (κ1) is 13.5. The Balaban J connectivity index is 2.06. The zero-order valence-corrected chi connectivity index (χ0v) is 13.3. The Kier molecular flexibility index (Phi) is 2.46. The zero-order valence-electron chi connectivity index (χ0n) is 13.3. The summed E-state index contributed by atoms with van der Waals surface area (Å²) in [4.78, 5) is 0. The fraction of sp³-hybridized carbons (Fsp3) is 0.100. The summed E-state index contributed by atoms with van der Waals surface area (Å²) in [6.45, 7) is 0. The predicted molar refractivity (Wildman–Crippen MR) is 94.3 cm³/mol. The molecule has 5 aromatic rings. The molecule has 0 saturated carbocycles. The maximum absolute atomic E-state index is 13.7. The number of aryl methyl sites for hydroxylation is 2. The average Bonchev–Trinajstić information content (AvgIpc) is 2.99. The summed E-state index contributed by atoms with van der Waals surface area (Å²) in [5.41, 5.74) is 3.99. The van der Waals surface area contributed by atoms with Gasteiger partial charge in [0.25, 0.3) is 0 Å². The van der Waals surface area contributed by atoms with Gasteiger partial charge in [-0.1, -0.05) is 0 Å². The van der Waals surface area contributed by atoms with Crippen molar-refractivity contribution in [3.05, 3.63) is 60.2 Å². The van der Waals surface area contributed by atoms with Crippen LogP contribution < -0.4 is 0 Å². The maximum atomic E-state index is 13.7. The molecule has 2 heterocycles. The molecule has 5 rings (SSSR count). The fourth-order valence-corrected chi connectivity index (χ4v) is 3.86. The van der Waals surface area contributed by atoms with E-state index in [0.29, 0.717) is 0 Å². The number of benzene rings is 3. The number of nitrogens with zero attached hydrogens (tertiary/aromatic N) is 2. The van der Waals surface area contributed by atoms with Crippen LogP contribution in [0.3, 0.4) is 0 Å². The molecule has 4 heteroatoms. The second-order valence-electron chi connectivity index (χ2n) is 6.33. The van der Waals surface area contributed by atoms with Gasteiger partial charge < -0.3 is 9.13 Å². The highest BCUT2D eigenvalue weighted by atomic mass is 19.1. The van der Waals surface area contributed by atoms with Crippen LogP contribution in [0.5, 0.6) is 0 Å². The van der Waals surface area contributed by atoms with Crippen molar-refractivity contribution in [3.8, 4) is 0 Å². The van der Waals surface area contributed by atoms with Gasteiger partial charge in [0.1, 0.15) is 11.6 Å². The van der Waals surface area contributed by atoms with Crippen LogP contribution in [0.15, 0.2) is 48.5 Å². The molecule has 0 spiro atoms. The quantitative estimate of drug-likeness (QED) is 0.368. The topological polar surface area (TPSA) is 9.86 Å². The summed E-state index contributed by atoms with van der Waals surface area (Å²) in [6, 6.07) is 13.9. The fourth-order valence-electron chi connectivity index (χ4n) is 3.86. The molecule has 0 N–H and O–H groups in total. The molecule has 0 aliphatic rings. The van der Waals surface area contributed by atoms with Gasteiger partial charge in [-0.05, 0) is 48.5 Å². The molecule has 24 heavy (non-hydrogen) atoms. The monoisotopic (exact) mass is 320 g/mol. The number of hydrogen-bond acceptors (Lipinski definition) is 0. The molecule has 3 aromatic carbocycles. The molecule has 0 aliphatic carbocycles. The van der Waals surface area contributed by atoms with E-state index in [2.05, 4.69) is 21.3 Å². The first-order valence-electron chi connectivity index (χ1n) is 7.80. The standard InChI is InChI=1S/C20H14F2N2/c1-23-17-5-3-11(21)7-13(17)15-10-20-16(9-19(15)23)14-8-12(22)4-6-18(14)24(20)2/h3-10H,1-2H3. The first-order valence-corrected chi connectivity index (χ1v) is 7.80. The predicted octanol–water partition coefficient (Wildman–Crippen LogP) is 5.25. The summed E-state index contributed by atoms with van der Waals surface area (Å²) in [7, 11) is 3.94. The summed E-state index contributed by atoms with van der Waals surface area (Å²) in [5, 5.41) is 3.80. The number of hydrogen-bond donors (Lipinski definition) is 0. The highest BCUT2D eigenvalue weighted by molar-refractivity contribution is 6.17. The van der Waals surface area contributed by atoms with Crippen molar-refractivity contribution in [2.75, 3.05) is 0 Å². The number of halogens is 2. The summed E-state index contributed by atoms with van der Waals surface area (Å²) >= 11 is 0. The highest BCUT2D eigenvalue weighted by Gasteiger charge is 2.15. The lowest BCUT2D eigenvalue weighted by Crippen LogP contribution is -1.87. The number of aromatic nitrogens is 2. The van der Waals surface area contributed by atoms with Crippen molar-refractivity contribution in [2.24, 2.45) is 14.1 Å². The SMILES string of the molecule is Cn1c2ccc(F)cc2c2cc3c(cc21)c1cc(F)ccc1n3C. The first-order chi connectivity index (χ1) is 11.5. The third kappa shape index (κ3) is 1.58. The summed E-state index contributed by atoms with van der Waals surface area (Å²) in [5.74, 6) is -0.483. The molecule has 0 atom stereocenters. The van der Waals surface area contributed by atoms with E-state index < -0.39 is 0 Å². The lowest BCUT2D eigenvalue weighted by atomic mass is 10.1. The van der Waals surface area contributed by atoms with E-state index in [-0.39, 0.29) is 11.6 Å². The second-order valence-corrected chi connectivity index (χ2v) is 6.33. The highest BCUT2D eigenvalue weighted by Crippen LogP contribution is 2.36. The molecule has 0 aliphatic heterocycles. The van der Waals surface area contributed by atoms with Crippen molar-refractivity contribution in [1.29, 1.82) is 0 Å². The van der Waals surface area contributed by atoms with Gasteiger partial charge in [-0.15, -0.1) is 0 Å². The molecular formula is C20H14F2N2. The van der Waals surface area contributed by atoms with Gasteiger partial charge in [0.05, 0.1) is 0 Å². The van der Waals surface area contributed by atoms with Gasteiger partial charge in [0.15, 0.2) is 0 Å². The van der Waals surface area contributed by atoms with Gasteiger partial charge in [0.2, 0.25) is 0 Å². The maximum Gasteiger partial charge on any atom is 0.123 e. The lowest BCUT2D eigenvalue weighted by molar-refractivity contribution is 0.629. The molecule has 0 unspecified atom stereocenters. The van der Waals surface area contributed by atoms with E-state index in [1.54, 1.807) is 24.3 Å². The van der Waals surface area contributed by atoms with E-state index in [1.807, 2.05) is 14.1 Å². The van der Waals surface area contributed by atoms with Crippen molar-refractivity contribution < 1.29 is 8.78 Å². The molecule has 0 fully saturated rings. The molecule has 0 bridgehead atoms. The normalized spacial score (nSPS) is 12.2. The Bertz CT molecular complexity index is 1190. The van der Waals surface area contributed by atoms with E-state index in [9.17, 15) is 8.78 Å². The van der Waals surface area contributed by atoms with Crippen molar-refractivity contribution in [3.63, 3.8) is 0 Å². The van der Waals surface area contributed by atoms with E-state index in [4.69, 9.17) is 0 Å². The molecular weight excluding hydrogens is 306 g/mol. The lowest BCUT2D eigenvalue weighted by Gasteiger charge is -2.00. The molecule has 0 radical (unpaired) electrons. The Morgan fingerprint density at radius 1 is 0.542 bits per heavy atom. The smallest absolute Gasteiger partial charge is 0.123 e. The largest absolute Gasteiger partial charge is 0.344 e. The van der Waals surface area contributed by atoms with Crippen LogP contribution in [0.4, 0.5) is 8.78 Å². The Hall–Kier alpha value is -2.88. The average molecular weight is 320 g/mol. The third-order valence-corrected chi connectivity index (χ3v) is 5.06. The van der Waals surface area contributed by atoms with Gasteiger partial charge in [-0.25, -0.2) is 8.78 Å². The Morgan fingerprint density at radius 2 is 0.917 bits per heavy atom. The Labute approximate surface area is 136 Å². The van der Waals surface area contributed by atoms with Crippen LogP contribution in [0, 0.1) is 11.6 Å². The van der Waals surface area contributed by atoms with Crippen molar-refractivity contribution in [1.82, 2.24) is 9.13 Å². The Morgan fingerprint density at radius 3 is 1.33 bits per heavy atom. The van der Waals surface area contributed by atoms with Crippen LogP contribution in [-0.4, -0.2) is 9.13 Å². The molecule has 0 amide bonds. The molecule has 0 saturated heterocycles. The van der Waals surface area contributed by atoms with Crippen molar-refractivity contribution in [2.45, 2.75) is 0 Å². The minimum atomic E-state index is -0.241. The number of fused-ring (bicyclic) bond motifs is 6. The van der Waals surface area contributed by atoms with Crippen LogP contribution in [-0.2, 0) is 14.1 Å². The second kappa shape index (κ2) is 4.35. The van der Waals surface area contributed by atoms with E-state index in [1.165, 1.54) is 12.1 Å². The van der Waals surface area contributed by atoms with Crippen LogP contribution in [0.1, 0.15) is 0 Å². The van der Waals surface area contributed by atoms with Gasteiger partial charge in [-0.3, -0.25) is 0 Å². The zero-order chi connectivity index (χ0) is 16.6. The summed E-state index contributed by atoms with van der Waals surface area (Å²) < 4.78 is 31.6. The van der Waals surface area contributed by atoms with E-state index >= 15 is 0 Å². The summed E-state index contributed by atoms with van der Waals surface area (Å²) in [6.07, 6.45) is 0. The van der Waals surface area contributed by atoms with E-state index in [0.717, 1.165) is 43.6 Å².